The van der Waals surface area contributed by atoms with Gasteiger partial charge >= 0.3 is 0 Å². The van der Waals surface area contributed by atoms with E-state index in [4.69, 9.17) is 25.9 Å². The minimum atomic E-state index is -1.37. The van der Waals surface area contributed by atoms with Crippen molar-refractivity contribution in [3.63, 3.8) is 0 Å². The summed E-state index contributed by atoms with van der Waals surface area (Å²) in [6.07, 6.45) is 3.25. The van der Waals surface area contributed by atoms with Crippen molar-refractivity contribution < 1.29 is 13.9 Å². The lowest BCUT2D eigenvalue weighted by Crippen LogP contribution is -2.56. The van der Waals surface area contributed by atoms with Crippen LogP contribution in [0.1, 0.15) is 26.7 Å². The number of carbonyl (C=O) groups is 1. The van der Waals surface area contributed by atoms with E-state index in [9.17, 15) is 4.79 Å². The summed E-state index contributed by atoms with van der Waals surface area (Å²) in [6.45, 7) is 0. The number of nitrogens with zero attached hydrogens (tertiary/aromatic N) is 2. The van der Waals surface area contributed by atoms with Crippen molar-refractivity contribution in [3.8, 4) is 5.75 Å². The van der Waals surface area contributed by atoms with Crippen LogP contribution in [0.4, 0.5) is 5.69 Å². The highest BCUT2D eigenvalue weighted by Gasteiger charge is 2.64. The summed E-state index contributed by atoms with van der Waals surface area (Å²) >= 11 is 7.51. The zero-order chi connectivity index (χ0) is 21.0. The molecule has 0 saturated carbocycles. The summed E-state index contributed by atoms with van der Waals surface area (Å²) in [5.41, 5.74) is 1.78. The normalized spacial score (nSPS) is 22.0. The van der Waals surface area contributed by atoms with E-state index in [-0.39, 0.29) is 5.78 Å². The predicted octanol–water partition coefficient (Wildman–Crippen LogP) is 5.97. The number of carbonyl (C=O) groups excluding carboxylic acids is 1. The van der Waals surface area contributed by atoms with Crippen LogP contribution in [0.3, 0.4) is 0 Å². The van der Waals surface area contributed by atoms with Crippen LogP contribution in [0, 0.1) is 0 Å². The van der Waals surface area contributed by atoms with E-state index >= 15 is 0 Å². The molecule has 6 rings (SSSR count). The van der Waals surface area contributed by atoms with Gasteiger partial charge in [0.25, 0.3) is 5.72 Å². The fourth-order valence-electron chi connectivity index (χ4n) is 4.28. The number of benzene rings is 2. The van der Waals surface area contributed by atoms with E-state index in [1.165, 1.54) is 11.3 Å². The first kappa shape index (κ1) is 18.4. The van der Waals surface area contributed by atoms with Gasteiger partial charge in [-0.15, -0.1) is 11.3 Å². The van der Waals surface area contributed by atoms with Crippen molar-refractivity contribution in [1.29, 1.82) is 0 Å². The fraction of sp³-hybridized carbons (Fsp3) is 0.0833. The summed E-state index contributed by atoms with van der Waals surface area (Å²) in [6, 6.07) is 20.8. The summed E-state index contributed by atoms with van der Waals surface area (Å²) in [4.78, 5) is 14.5. The molecule has 0 fully saturated rings. The molecule has 1 spiro atoms. The second-order valence-corrected chi connectivity index (χ2v) is 8.72. The lowest BCUT2D eigenvalue weighted by Gasteiger charge is -2.35. The number of fused-ring (bicyclic) bond motifs is 1. The van der Waals surface area contributed by atoms with Crippen molar-refractivity contribution in [1.82, 2.24) is 0 Å². The Labute approximate surface area is 187 Å². The molecular weight excluding hydrogens is 432 g/mol. The molecule has 4 aromatic rings. The zero-order valence-electron chi connectivity index (χ0n) is 16.1. The van der Waals surface area contributed by atoms with Crippen molar-refractivity contribution in [2.24, 2.45) is 5.10 Å². The first-order valence-corrected chi connectivity index (χ1v) is 11.0. The number of para-hydroxylation sites is 1. The predicted molar refractivity (Wildman–Crippen MR) is 120 cm³/mol. The number of furan rings is 1. The Balaban J connectivity index is 1.61. The van der Waals surface area contributed by atoms with Crippen LogP contribution in [0.2, 0.25) is 5.02 Å². The second kappa shape index (κ2) is 6.83. The van der Waals surface area contributed by atoms with Crippen LogP contribution in [0.5, 0.6) is 5.75 Å². The molecule has 7 heteroatoms. The SMILES string of the molecule is O=C1c2sccc2OC12C(c1ccoc1)C(c1ccc(Cl)cc1)=NN2c1ccccc1. The van der Waals surface area contributed by atoms with Crippen LogP contribution in [0.25, 0.3) is 0 Å². The molecule has 0 N–H and O–H groups in total. The number of hydrogen-bond acceptors (Lipinski definition) is 6. The Hall–Kier alpha value is -3.35. The monoisotopic (exact) mass is 446 g/mol. The molecular formula is C24H15ClN2O3S. The molecule has 2 aliphatic heterocycles. The van der Waals surface area contributed by atoms with Crippen molar-refractivity contribution in [2.75, 3.05) is 5.01 Å². The van der Waals surface area contributed by atoms with Crippen LogP contribution >= 0.6 is 22.9 Å². The molecule has 2 aliphatic rings. The van der Waals surface area contributed by atoms with Crippen LogP contribution < -0.4 is 9.75 Å². The third-order valence-electron chi connectivity index (χ3n) is 5.63. The number of thiophene rings is 1. The number of anilines is 1. The molecule has 0 aliphatic carbocycles. The summed E-state index contributed by atoms with van der Waals surface area (Å²) in [5, 5.41) is 9.18. The molecule has 2 unspecified atom stereocenters. The van der Waals surface area contributed by atoms with E-state index in [2.05, 4.69) is 0 Å². The van der Waals surface area contributed by atoms with E-state index in [1.807, 2.05) is 72.1 Å². The third kappa shape index (κ3) is 2.62. The van der Waals surface area contributed by atoms with Crippen LogP contribution in [-0.2, 0) is 0 Å². The summed E-state index contributed by atoms with van der Waals surface area (Å²) in [7, 11) is 0. The van der Waals surface area contributed by atoms with E-state index < -0.39 is 11.6 Å². The van der Waals surface area contributed by atoms with Crippen molar-refractivity contribution in [2.45, 2.75) is 11.6 Å². The topological polar surface area (TPSA) is 55.0 Å². The van der Waals surface area contributed by atoms with Gasteiger partial charge in [0.15, 0.2) is 0 Å². The Morgan fingerprint density at radius 3 is 2.55 bits per heavy atom. The smallest absolute Gasteiger partial charge is 0.279 e. The highest BCUT2D eigenvalue weighted by Crippen LogP contribution is 2.53. The second-order valence-electron chi connectivity index (χ2n) is 7.37. The average molecular weight is 447 g/mol. The minimum Gasteiger partial charge on any atom is -0.472 e. The highest BCUT2D eigenvalue weighted by molar-refractivity contribution is 7.12. The highest BCUT2D eigenvalue weighted by atomic mass is 35.5. The number of halogens is 1. The molecule has 2 aromatic heterocycles. The number of Topliss-reactive ketones (excluding diaryl/α,β-unsaturated/α-hetero) is 1. The van der Waals surface area contributed by atoms with E-state index in [1.54, 1.807) is 17.5 Å². The standard InChI is InChI=1S/C24H15ClN2O3S/c25-17-8-6-15(7-9-17)21-20(16-10-12-29-14-16)24(23(28)22-19(30-24)11-13-31-22)27(26-21)18-4-2-1-3-5-18/h1-14,20H. The van der Waals surface area contributed by atoms with Gasteiger partial charge in [0, 0.05) is 10.6 Å². The van der Waals surface area contributed by atoms with Crippen molar-refractivity contribution >= 4 is 40.1 Å². The first-order chi connectivity index (χ1) is 15.2. The summed E-state index contributed by atoms with van der Waals surface area (Å²) in [5.74, 6) is -0.0306. The lowest BCUT2D eigenvalue weighted by molar-refractivity contribution is 0.0547. The number of ether oxygens (including phenoxy) is 1. The Morgan fingerprint density at radius 1 is 1.03 bits per heavy atom. The van der Waals surface area contributed by atoms with Crippen LogP contribution in [-0.4, -0.2) is 17.2 Å². The van der Waals surface area contributed by atoms with Crippen molar-refractivity contribution in [3.05, 3.63) is 106 Å². The van der Waals surface area contributed by atoms with Gasteiger partial charge in [0.2, 0.25) is 5.78 Å². The number of hydrazone groups is 1. The lowest BCUT2D eigenvalue weighted by atomic mass is 9.81. The maximum absolute atomic E-state index is 13.9. The maximum atomic E-state index is 13.9. The maximum Gasteiger partial charge on any atom is 0.279 e. The van der Waals surface area contributed by atoms with E-state index in [0.717, 1.165) is 16.8 Å². The number of hydrogen-bond donors (Lipinski definition) is 0. The Bertz CT molecular complexity index is 1300. The fourth-order valence-corrected chi connectivity index (χ4v) is 5.22. The van der Waals surface area contributed by atoms with Gasteiger partial charge < -0.3 is 9.15 Å². The molecule has 152 valence electrons. The molecule has 2 atom stereocenters. The molecule has 2 aromatic carbocycles. The van der Waals surface area contributed by atoms with Gasteiger partial charge in [0.1, 0.15) is 16.5 Å². The molecule has 0 bridgehead atoms. The minimum absolute atomic E-state index is 0.111. The van der Waals surface area contributed by atoms with Gasteiger partial charge in [-0.25, -0.2) is 5.01 Å². The molecule has 0 radical (unpaired) electrons. The van der Waals surface area contributed by atoms with Gasteiger partial charge in [-0.2, -0.15) is 5.10 Å². The number of rotatable bonds is 3. The average Bonchev–Trinajstić information content (AvgIpc) is 3.57. The van der Waals surface area contributed by atoms with E-state index in [0.29, 0.717) is 21.4 Å². The van der Waals surface area contributed by atoms with Gasteiger partial charge in [-0.3, -0.25) is 4.79 Å². The Kier molecular flexibility index (Phi) is 4.06. The molecule has 0 amide bonds. The molecule has 4 heterocycles. The molecule has 5 nitrogen and oxygen atoms in total. The third-order valence-corrected chi connectivity index (χ3v) is 6.78. The van der Waals surface area contributed by atoms with Crippen LogP contribution in [0.15, 0.2) is 94.2 Å². The first-order valence-electron chi connectivity index (χ1n) is 9.71. The summed E-state index contributed by atoms with van der Waals surface area (Å²) < 4.78 is 11.9. The largest absolute Gasteiger partial charge is 0.472 e. The van der Waals surface area contributed by atoms with Gasteiger partial charge in [0.05, 0.1) is 23.9 Å². The molecule has 0 saturated heterocycles. The van der Waals surface area contributed by atoms with Gasteiger partial charge in [-0.1, -0.05) is 41.9 Å². The Morgan fingerprint density at radius 2 is 1.84 bits per heavy atom. The zero-order valence-corrected chi connectivity index (χ0v) is 17.6. The molecule has 31 heavy (non-hydrogen) atoms. The quantitative estimate of drug-likeness (QED) is 0.389. The van der Waals surface area contributed by atoms with Gasteiger partial charge in [-0.05, 0) is 47.3 Å². The number of ketones is 1.